The highest BCUT2D eigenvalue weighted by Crippen LogP contribution is 2.32. The number of anilines is 1. The SMILES string of the molecule is COc1ccc(OC)c2[nH]c(C(=S=O)c3cc(C)ccc3N(C)C)nc12. The number of nitrogens with zero attached hydrogens (tertiary/aromatic N) is 2. The molecule has 0 bridgehead atoms. The lowest BCUT2D eigenvalue weighted by atomic mass is 10.1. The molecule has 6 nitrogen and oxygen atoms in total. The molecule has 0 unspecified atom stereocenters. The fraction of sp³-hybridized carbons (Fsp3) is 0.263. The van der Waals surface area contributed by atoms with Crippen molar-refractivity contribution in [3.05, 3.63) is 47.3 Å². The molecule has 0 fully saturated rings. The van der Waals surface area contributed by atoms with Crippen molar-refractivity contribution in [2.75, 3.05) is 33.2 Å². The summed E-state index contributed by atoms with van der Waals surface area (Å²) in [6.45, 7) is 2.00. The highest BCUT2D eigenvalue weighted by molar-refractivity contribution is 7.67. The van der Waals surface area contributed by atoms with Gasteiger partial charge in [-0.25, -0.2) is 9.19 Å². The van der Waals surface area contributed by atoms with Crippen LogP contribution in [0.1, 0.15) is 17.0 Å². The number of hydrogen-bond acceptors (Lipinski definition) is 5. The second-order valence-electron chi connectivity index (χ2n) is 6.11. The van der Waals surface area contributed by atoms with Gasteiger partial charge in [0.2, 0.25) is 0 Å². The average Bonchev–Trinajstić information content (AvgIpc) is 3.06. The summed E-state index contributed by atoms with van der Waals surface area (Å²) in [6, 6.07) is 9.64. The fourth-order valence-electron chi connectivity index (χ4n) is 2.92. The Kier molecular flexibility index (Phi) is 4.99. The first-order valence-electron chi connectivity index (χ1n) is 8.06. The molecule has 7 heteroatoms. The number of rotatable bonds is 5. The number of aryl methyl sites for hydroxylation is 1. The van der Waals surface area contributed by atoms with Gasteiger partial charge in [0.25, 0.3) is 0 Å². The van der Waals surface area contributed by atoms with Gasteiger partial charge in [-0.3, -0.25) is 0 Å². The molecule has 0 amide bonds. The maximum atomic E-state index is 12.0. The Bertz CT molecular complexity index is 979. The topological polar surface area (TPSA) is 67.5 Å². The van der Waals surface area contributed by atoms with Crippen LogP contribution < -0.4 is 14.4 Å². The van der Waals surface area contributed by atoms with Crippen LogP contribution in [0.15, 0.2) is 30.3 Å². The van der Waals surface area contributed by atoms with Crippen LogP contribution >= 0.6 is 0 Å². The van der Waals surface area contributed by atoms with E-state index in [4.69, 9.17) is 9.47 Å². The molecule has 136 valence electrons. The van der Waals surface area contributed by atoms with E-state index in [1.165, 1.54) is 0 Å². The van der Waals surface area contributed by atoms with Crippen molar-refractivity contribution in [1.29, 1.82) is 0 Å². The number of ether oxygens (including phenoxy) is 2. The molecular formula is C19H21N3O3S. The molecular weight excluding hydrogens is 350 g/mol. The molecule has 0 aliphatic rings. The second kappa shape index (κ2) is 7.21. The molecule has 2 aromatic carbocycles. The van der Waals surface area contributed by atoms with Gasteiger partial charge in [0.05, 0.1) is 14.2 Å². The van der Waals surface area contributed by atoms with Gasteiger partial charge in [-0.15, -0.1) is 0 Å². The molecule has 26 heavy (non-hydrogen) atoms. The van der Waals surface area contributed by atoms with Crippen molar-refractivity contribution in [2.45, 2.75) is 6.92 Å². The van der Waals surface area contributed by atoms with Crippen molar-refractivity contribution >= 4 is 32.8 Å². The van der Waals surface area contributed by atoms with Crippen LogP contribution in [0.2, 0.25) is 0 Å². The Labute approximate surface area is 155 Å². The standard InChI is InChI=1S/C19H21N3O3S/c1-11-6-7-13(22(2)3)12(10-11)18(26-23)19-20-16-14(24-4)8-9-15(25-5)17(16)21-19/h6-10H,1-5H3,(H,20,21). The van der Waals surface area contributed by atoms with E-state index in [2.05, 4.69) is 9.97 Å². The van der Waals surface area contributed by atoms with Gasteiger partial charge < -0.3 is 19.4 Å². The molecule has 0 aliphatic carbocycles. The molecule has 0 aliphatic heterocycles. The lowest BCUT2D eigenvalue weighted by Gasteiger charge is -2.17. The van der Waals surface area contributed by atoms with E-state index in [0.717, 1.165) is 16.8 Å². The summed E-state index contributed by atoms with van der Waals surface area (Å²) in [7, 11) is 7.09. The number of aromatic nitrogens is 2. The first-order chi connectivity index (χ1) is 12.5. The van der Waals surface area contributed by atoms with Gasteiger partial charge in [0.15, 0.2) is 5.82 Å². The zero-order valence-corrected chi connectivity index (χ0v) is 16.2. The predicted molar refractivity (Wildman–Crippen MR) is 106 cm³/mol. The third-order valence-corrected chi connectivity index (χ3v) is 4.77. The lowest BCUT2D eigenvalue weighted by Crippen LogP contribution is -2.16. The highest BCUT2D eigenvalue weighted by atomic mass is 32.1. The van der Waals surface area contributed by atoms with Crippen LogP contribution in [0.3, 0.4) is 0 Å². The number of methoxy groups -OCH3 is 2. The predicted octanol–water partition coefficient (Wildman–Crippen LogP) is 2.74. The number of H-pyrrole nitrogens is 1. The van der Waals surface area contributed by atoms with Crippen LogP contribution in [-0.2, 0) is 11.3 Å². The molecule has 3 rings (SSSR count). The van der Waals surface area contributed by atoms with E-state index in [-0.39, 0.29) is 0 Å². The fourth-order valence-corrected chi connectivity index (χ4v) is 3.35. The molecule has 1 aromatic heterocycles. The Hall–Kier alpha value is -2.80. The van der Waals surface area contributed by atoms with E-state index < -0.39 is 0 Å². The van der Waals surface area contributed by atoms with Gasteiger partial charge >= 0.3 is 0 Å². The van der Waals surface area contributed by atoms with Gasteiger partial charge in [0, 0.05) is 25.3 Å². The Morgan fingerprint density at radius 3 is 2.42 bits per heavy atom. The molecule has 0 radical (unpaired) electrons. The molecule has 0 saturated heterocycles. The summed E-state index contributed by atoms with van der Waals surface area (Å²) in [5.74, 6) is 1.76. The number of nitrogens with one attached hydrogen (secondary N) is 1. The van der Waals surface area contributed by atoms with Crippen LogP contribution in [0.5, 0.6) is 11.5 Å². The summed E-state index contributed by atoms with van der Waals surface area (Å²) >= 11 is 0.423. The van der Waals surface area contributed by atoms with E-state index in [0.29, 0.717) is 44.5 Å². The molecule has 0 atom stereocenters. The van der Waals surface area contributed by atoms with E-state index >= 15 is 0 Å². The molecule has 0 spiro atoms. The van der Waals surface area contributed by atoms with Gasteiger partial charge in [0.1, 0.15) is 38.7 Å². The van der Waals surface area contributed by atoms with Crippen molar-refractivity contribution in [2.24, 2.45) is 0 Å². The molecule has 1 heterocycles. The van der Waals surface area contributed by atoms with Gasteiger partial charge in [-0.1, -0.05) is 11.6 Å². The minimum absolute atomic E-state index is 0.423. The Morgan fingerprint density at radius 1 is 1.12 bits per heavy atom. The quantitative estimate of drug-likeness (QED) is 0.552. The lowest BCUT2D eigenvalue weighted by molar-refractivity contribution is 0.409. The van der Waals surface area contributed by atoms with Crippen molar-refractivity contribution in [3.63, 3.8) is 0 Å². The Morgan fingerprint density at radius 2 is 1.81 bits per heavy atom. The highest BCUT2D eigenvalue weighted by Gasteiger charge is 2.20. The third kappa shape index (κ3) is 3.06. The van der Waals surface area contributed by atoms with E-state index in [1.54, 1.807) is 20.3 Å². The largest absolute Gasteiger partial charge is 0.494 e. The normalized spacial score (nSPS) is 10.7. The van der Waals surface area contributed by atoms with Crippen molar-refractivity contribution < 1.29 is 13.7 Å². The maximum Gasteiger partial charge on any atom is 0.152 e. The Balaban J connectivity index is 2.25. The van der Waals surface area contributed by atoms with Crippen LogP contribution in [0.25, 0.3) is 11.0 Å². The third-order valence-electron chi connectivity index (χ3n) is 4.19. The van der Waals surface area contributed by atoms with Gasteiger partial charge in [-0.2, -0.15) is 0 Å². The summed E-state index contributed by atoms with van der Waals surface area (Å²) in [4.78, 5) is 10.4. The number of imidazole rings is 1. The smallest absolute Gasteiger partial charge is 0.152 e. The first-order valence-corrected chi connectivity index (χ1v) is 8.80. The number of fused-ring (bicyclic) bond motifs is 1. The zero-order valence-electron chi connectivity index (χ0n) is 15.4. The van der Waals surface area contributed by atoms with E-state index in [9.17, 15) is 4.21 Å². The minimum atomic E-state index is 0.423. The molecule has 0 saturated carbocycles. The summed E-state index contributed by atoms with van der Waals surface area (Å²) in [5.41, 5.74) is 4.20. The van der Waals surface area contributed by atoms with E-state index in [1.807, 2.05) is 50.2 Å². The summed E-state index contributed by atoms with van der Waals surface area (Å²) in [5, 5.41) is 0. The number of aromatic amines is 1. The number of hydrogen-bond donors (Lipinski definition) is 1. The monoisotopic (exact) mass is 371 g/mol. The van der Waals surface area contributed by atoms with Gasteiger partial charge in [-0.05, 0) is 31.2 Å². The average molecular weight is 371 g/mol. The summed E-state index contributed by atoms with van der Waals surface area (Å²) < 4.78 is 22.9. The van der Waals surface area contributed by atoms with Crippen LogP contribution in [-0.4, -0.2) is 47.4 Å². The first kappa shape index (κ1) is 18.0. The molecule has 3 aromatic rings. The minimum Gasteiger partial charge on any atom is -0.494 e. The van der Waals surface area contributed by atoms with Crippen molar-refractivity contribution in [1.82, 2.24) is 9.97 Å². The summed E-state index contributed by atoms with van der Waals surface area (Å²) in [6.07, 6.45) is 0. The molecule has 1 N–H and O–H groups in total. The van der Waals surface area contributed by atoms with Crippen molar-refractivity contribution in [3.8, 4) is 11.5 Å². The van der Waals surface area contributed by atoms with Crippen LogP contribution in [0.4, 0.5) is 5.69 Å². The maximum absolute atomic E-state index is 12.0. The second-order valence-corrected chi connectivity index (χ2v) is 6.68. The zero-order chi connectivity index (χ0) is 18.8. The number of benzene rings is 2. The van der Waals surface area contributed by atoms with Crippen LogP contribution in [0, 0.1) is 6.92 Å².